The fourth-order valence-electron chi connectivity index (χ4n) is 0.515. The Morgan fingerprint density at radius 3 is 1.91 bits per heavy atom. The minimum Gasteiger partial charge on any atom is -0.373 e. The van der Waals surface area contributed by atoms with Gasteiger partial charge in [0.25, 0.3) is 0 Å². The second kappa shape index (κ2) is 3.43. The zero-order valence-electron chi connectivity index (χ0n) is 6.66. The molecule has 0 amide bonds. The molecule has 0 atom stereocenters. The van der Waals surface area contributed by atoms with Gasteiger partial charge in [-0.2, -0.15) is 13.2 Å². The molecule has 4 heteroatoms. The molecular formula is C7H12F3O. The lowest BCUT2D eigenvalue weighted by Crippen LogP contribution is -2.24. The van der Waals surface area contributed by atoms with Crippen molar-refractivity contribution in [3.8, 4) is 0 Å². The van der Waals surface area contributed by atoms with Gasteiger partial charge in [0.1, 0.15) is 0 Å². The average Bonchev–Trinajstić information content (AvgIpc) is 1.83. The van der Waals surface area contributed by atoms with Crippen molar-refractivity contribution in [3.05, 3.63) is 7.11 Å². The van der Waals surface area contributed by atoms with Gasteiger partial charge in [0, 0.05) is 6.42 Å². The largest absolute Gasteiger partial charge is 0.389 e. The maximum absolute atomic E-state index is 11.6. The third kappa shape index (κ3) is 6.16. The van der Waals surface area contributed by atoms with Crippen molar-refractivity contribution in [2.45, 2.75) is 38.5 Å². The standard InChI is InChI=1S/C7H12F3O/c1-6(2,11-3)4-5-7(8,9)10/h3-5H2,1-2H3. The fraction of sp³-hybridized carbons (Fsp3) is 0.857. The number of rotatable bonds is 3. The Hall–Kier alpha value is -0.250. The fourth-order valence-corrected chi connectivity index (χ4v) is 0.515. The van der Waals surface area contributed by atoms with E-state index in [1.165, 1.54) is 0 Å². The average molecular weight is 169 g/mol. The molecule has 0 aromatic rings. The zero-order chi connectivity index (χ0) is 9.12. The third-order valence-electron chi connectivity index (χ3n) is 1.40. The summed E-state index contributed by atoms with van der Waals surface area (Å²) in [5.41, 5.74) is -0.782. The SMILES string of the molecule is [CH2]OC(C)(C)CCC(F)(F)F. The summed E-state index contributed by atoms with van der Waals surface area (Å²) in [4.78, 5) is 0. The minimum atomic E-state index is -4.10. The van der Waals surface area contributed by atoms with Crippen LogP contribution in [-0.4, -0.2) is 11.8 Å². The number of hydrogen-bond donors (Lipinski definition) is 0. The lowest BCUT2D eigenvalue weighted by molar-refractivity contribution is -0.145. The van der Waals surface area contributed by atoms with Crippen LogP contribution >= 0.6 is 0 Å². The molecule has 0 rings (SSSR count). The van der Waals surface area contributed by atoms with Gasteiger partial charge in [-0.3, -0.25) is 0 Å². The summed E-state index contributed by atoms with van der Waals surface area (Å²) in [6.07, 6.45) is -4.98. The van der Waals surface area contributed by atoms with Crippen molar-refractivity contribution in [2.24, 2.45) is 0 Å². The van der Waals surface area contributed by atoms with E-state index in [1.807, 2.05) is 0 Å². The molecule has 0 bridgehead atoms. The third-order valence-corrected chi connectivity index (χ3v) is 1.40. The van der Waals surface area contributed by atoms with E-state index >= 15 is 0 Å². The molecule has 1 radical (unpaired) electrons. The van der Waals surface area contributed by atoms with Gasteiger partial charge in [0.05, 0.1) is 12.7 Å². The van der Waals surface area contributed by atoms with Gasteiger partial charge >= 0.3 is 6.18 Å². The molecule has 0 fully saturated rings. The molecule has 11 heavy (non-hydrogen) atoms. The van der Waals surface area contributed by atoms with Crippen LogP contribution in [0.15, 0.2) is 0 Å². The molecule has 1 nitrogen and oxygen atoms in total. The van der Waals surface area contributed by atoms with Gasteiger partial charge in [0.15, 0.2) is 0 Å². The smallest absolute Gasteiger partial charge is 0.373 e. The second-order valence-corrected chi connectivity index (χ2v) is 3.02. The highest BCUT2D eigenvalue weighted by atomic mass is 19.4. The van der Waals surface area contributed by atoms with E-state index in [4.69, 9.17) is 0 Å². The van der Waals surface area contributed by atoms with Crippen LogP contribution < -0.4 is 0 Å². The van der Waals surface area contributed by atoms with E-state index in [0.29, 0.717) is 0 Å². The van der Waals surface area contributed by atoms with Crippen molar-refractivity contribution in [1.82, 2.24) is 0 Å². The minimum absolute atomic E-state index is 0.0556. The molecule has 0 N–H and O–H groups in total. The Labute approximate surface area is 64.5 Å². The second-order valence-electron chi connectivity index (χ2n) is 3.02. The maximum atomic E-state index is 11.6. The number of hydrogen-bond acceptors (Lipinski definition) is 1. The van der Waals surface area contributed by atoms with E-state index in [1.54, 1.807) is 13.8 Å². The van der Waals surface area contributed by atoms with Gasteiger partial charge in [-0.05, 0) is 20.3 Å². The Balaban J connectivity index is 3.70. The van der Waals surface area contributed by atoms with Gasteiger partial charge in [-0.1, -0.05) is 0 Å². The maximum Gasteiger partial charge on any atom is 0.389 e. The van der Waals surface area contributed by atoms with Crippen molar-refractivity contribution in [3.63, 3.8) is 0 Å². The van der Waals surface area contributed by atoms with Crippen molar-refractivity contribution in [2.75, 3.05) is 0 Å². The van der Waals surface area contributed by atoms with Crippen LogP contribution in [-0.2, 0) is 4.74 Å². The number of alkyl halides is 3. The summed E-state index contributed by atoms with van der Waals surface area (Å²) in [5.74, 6) is 0. The normalized spacial score (nSPS) is 13.6. The molecule has 0 aliphatic heterocycles. The molecular weight excluding hydrogens is 157 g/mol. The monoisotopic (exact) mass is 169 g/mol. The molecule has 0 aromatic heterocycles. The van der Waals surface area contributed by atoms with Crippen molar-refractivity contribution >= 4 is 0 Å². The Kier molecular flexibility index (Phi) is 3.35. The lowest BCUT2D eigenvalue weighted by atomic mass is 10.0. The van der Waals surface area contributed by atoms with E-state index in [2.05, 4.69) is 11.8 Å². The molecule has 0 unspecified atom stereocenters. The first-order chi connectivity index (χ1) is 4.77. The van der Waals surface area contributed by atoms with Crippen molar-refractivity contribution in [1.29, 1.82) is 0 Å². The first-order valence-electron chi connectivity index (χ1n) is 3.27. The molecule has 67 valence electrons. The van der Waals surface area contributed by atoms with Crippen LogP contribution in [0.25, 0.3) is 0 Å². The van der Waals surface area contributed by atoms with E-state index in [-0.39, 0.29) is 6.42 Å². The van der Waals surface area contributed by atoms with E-state index in [0.717, 1.165) is 0 Å². The van der Waals surface area contributed by atoms with Gasteiger partial charge < -0.3 is 4.74 Å². The molecule has 0 aromatic carbocycles. The summed E-state index contributed by atoms with van der Waals surface area (Å²) in [7, 11) is 3.09. The van der Waals surface area contributed by atoms with Crippen LogP contribution in [0.5, 0.6) is 0 Å². The summed E-state index contributed by atoms with van der Waals surface area (Å²) in [6.45, 7) is 3.15. The van der Waals surface area contributed by atoms with Crippen molar-refractivity contribution < 1.29 is 17.9 Å². The highest BCUT2D eigenvalue weighted by Crippen LogP contribution is 2.26. The molecule has 0 spiro atoms. The zero-order valence-corrected chi connectivity index (χ0v) is 6.66. The van der Waals surface area contributed by atoms with Crippen LogP contribution in [0.3, 0.4) is 0 Å². The van der Waals surface area contributed by atoms with Crippen LogP contribution in [0, 0.1) is 7.11 Å². The molecule has 0 aliphatic carbocycles. The quantitative estimate of drug-likeness (QED) is 0.631. The van der Waals surface area contributed by atoms with Crippen LogP contribution in [0.2, 0.25) is 0 Å². The predicted molar refractivity (Wildman–Crippen MR) is 35.8 cm³/mol. The predicted octanol–water partition coefficient (Wildman–Crippen LogP) is 2.92. The summed E-state index contributed by atoms with van der Waals surface area (Å²) < 4.78 is 39.5. The van der Waals surface area contributed by atoms with Gasteiger partial charge in [-0.15, -0.1) is 0 Å². The first-order valence-corrected chi connectivity index (χ1v) is 3.27. The summed E-state index contributed by atoms with van der Waals surface area (Å²) in [5, 5.41) is 0. The summed E-state index contributed by atoms with van der Waals surface area (Å²) in [6, 6.07) is 0. The Morgan fingerprint density at radius 2 is 1.64 bits per heavy atom. The van der Waals surface area contributed by atoms with Crippen LogP contribution in [0.4, 0.5) is 13.2 Å². The number of ether oxygens (including phenoxy) is 1. The van der Waals surface area contributed by atoms with Gasteiger partial charge in [-0.25, -0.2) is 0 Å². The molecule has 0 saturated carbocycles. The Morgan fingerprint density at radius 1 is 1.18 bits per heavy atom. The molecule has 0 aliphatic rings. The highest BCUT2D eigenvalue weighted by molar-refractivity contribution is 4.70. The molecule has 0 saturated heterocycles. The molecule has 0 heterocycles. The van der Waals surface area contributed by atoms with Crippen LogP contribution in [0.1, 0.15) is 26.7 Å². The van der Waals surface area contributed by atoms with E-state index in [9.17, 15) is 13.2 Å². The van der Waals surface area contributed by atoms with E-state index < -0.39 is 18.2 Å². The van der Waals surface area contributed by atoms with Gasteiger partial charge in [0.2, 0.25) is 0 Å². The Bertz CT molecular complexity index is 117. The topological polar surface area (TPSA) is 9.23 Å². The lowest BCUT2D eigenvalue weighted by Gasteiger charge is -2.22. The number of halogens is 3. The highest BCUT2D eigenvalue weighted by Gasteiger charge is 2.30. The first kappa shape index (κ1) is 10.8. The summed E-state index contributed by atoms with van der Waals surface area (Å²) >= 11 is 0.